The first-order valence-corrected chi connectivity index (χ1v) is 6.05. The molecule has 2 rings (SSSR count). The van der Waals surface area contributed by atoms with Crippen molar-refractivity contribution in [3.05, 3.63) is 64.3 Å². The average molecular weight is 309 g/mol. The lowest BCUT2D eigenvalue weighted by Gasteiger charge is -2.08. The van der Waals surface area contributed by atoms with E-state index in [1.165, 1.54) is 18.5 Å². The summed E-state index contributed by atoms with van der Waals surface area (Å²) in [4.78, 5) is 28.8. The molecule has 0 unspecified atom stereocenters. The second-order valence-corrected chi connectivity index (χ2v) is 4.23. The Hall–Kier alpha value is -2.90. The van der Waals surface area contributed by atoms with Crippen LogP contribution in [0.25, 0.3) is 6.08 Å². The molecule has 0 atom stereocenters. The molecule has 0 saturated heterocycles. The maximum atomic E-state index is 12.6. The Balaban J connectivity index is 2.15. The number of hydrogen-bond donors (Lipinski definition) is 2. The highest BCUT2D eigenvalue weighted by Gasteiger charge is 2.31. The molecule has 2 aromatic rings. The van der Waals surface area contributed by atoms with Crippen LogP contribution in [-0.2, 0) is 11.0 Å². The summed E-state index contributed by atoms with van der Waals surface area (Å²) < 4.78 is 37.7. The number of pyridine rings is 2. The van der Waals surface area contributed by atoms with E-state index in [9.17, 15) is 22.8 Å². The highest BCUT2D eigenvalue weighted by Crippen LogP contribution is 2.29. The van der Waals surface area contributed by atoms with E-state index in [-0.39, 0.29) is 0 Å². The summed E-state index contributed by atoms with van der Waals surface area (Å²) in [6.07, 6.45) is 1.53. The zero-order valence-electron chi connectivity index (χ0n) is 11.0. The first-order valence-electron chi connectivity index (χ1n) is 6.05. The molecular weight excluding hydrogens is 299 g/mol. The van der Waals surface area contributed by atoms with Gasteiger partial charge in [-0.3, -0.25) is 14.6 Å². The quantitative estimate of drug-likeness (QED) is 0.855. The second-order valence-electron chi connectivity index (χ2n) is 4.23. The van der Waals surface area contributed by atoms with Gasteiger partial charge in [0.2, 0.25) is 5.91 Å². The Morgan fingerprint density at radius 2 is 1.95 bits per heavy atom. The minimum Gasteiger partial charge on any atom is -0.327 e. The van der Waals surface area contributed by atoms with Gasteiger partial charge in [0.05, 0.1) is 5.56 Å². The predicted molar refractivity (Wildman–Crippen MR) is 74.0 cm³/mol. The van der Waals surface area contributed by atoms with Gasteiger partial charge in [-0.05, 0) is 29.8 Å². The van der Waals surface area contributed by atoms with Gasteiger partial charge in [0, 0.05) is 24.7 Å². The normalized spacial score (nSPS) is 11.6. The molecule has 0 fully saturated rings. The molecule has 22 heavy (non-hydrogen) atoms. The number of amides is 1. The number of hydrogen-bond acceptors (Lipinski definition) is 3. The van der Waals surface area contributed by atoms with Gasteiger partial charge in [-0.25, -0.2) is 0 Å². The van der Waals surface area contributed by atoms with Crippen LogP contribution < -0.4 is 10.9 Å². The highest BCUT2D eigenvalue weighted by molar-refractivity contribution is 6.01. The van der Waals surface area contributed by atoms with Crippen molar-refractivity contribution in [2.45, 2.75) is 6.18 Å². The zero-order chi connectivity index (χ0) is 16.2. The lowest BCUT2D eigenvalue weighted by molar-refractivity contribution is -0.137. The predicted octanol–water partition coefficient (Wildman–Crippen LogP) is 2.44. The van der Waals surface area contributed by atoms with E-state index in [0.717, 1.165) is 6.08 Å². The number of carbonyl (C=O) groups excluding carboxylic acids is 1. The monoisotopic (exact) mass is 309 g/mol. The van der Waals surface area contributed by atoms with Gasteiger partial charge in [-0.15, -0.1) is 0 Å². The van der Waals surface area contributed by atoms with Crippen molar-refractivity contribution in [1.29, 1.82) is 0 Å². The van der Waals surface area contributed by atoms with Crippen molar-refractivity contribution >= 4 is 17.7 Å². The van der Waals surface area contributed by atoms with Crippen LogP contribution >= 0.6 is 0 Å². The van der Waals surface area contributed by atoms with Crippen LogP contribution in [0.1, 0.15) is 11.1 Å². The number of nitrogens with one attached hydrogen (secondary N) is 2. The largest absolute Gasteiger partial charge is 0.417 e. The van der Waals surface area contributed by atoms with Crippen molar-refractivity contribution in [2.24, 2.45) is 0 Å². The highest BCUT2D eigenvalue weighted by atomic mass is 19.4. The van der Waals surface area contributed by atoms with Crippen molar-refractivity contribution in [3.8, 4) is 0 Å². The Kier molecular flexibility index (Phi) is 4.40. The van der Waals surface area contributed by atoms with Crippen molar-refractivity contribution in [1.82, 2.24) is 9.97 Å². The van der Waals surface area contributed by atoms with E-state index in [1.807, 2.05) is 4.98 Å². The first-order chi connectivity index (χ1) is 10.4. The van der Waals surface area contributed by atoms with Crippen LogP contribution in [0.3, 0.4) is 0 Å². The molecule has 0 aliphatic heterocycles. The molecule has 114 valence electrons. The minimum atomic E-state index is -4.61. The van der Waals surface area contributed by atoms with Crippen LogP contribution in [0, 0.1) is 0 Å². The molecule has 2 heterocycles. The standard InChI is InChI=1S/C14H10F3N3O2/c15-14(16,17)10-7-11(13(22)19-8-10)20-12(21)2-1-9-3-5-18-6-4-9/h1-8H,(H,19,22)(H,20,21)/b2-1+. The molecule has 5 nitrogen and oxygen atoms in total. The number of halogens is 3. The number of anilines is 1. The second kappa shape index (κ2) is 6.25. The summed E-state index contributed by atoms with van der Waals surface area (Å²) in [5, 5.41) is 2.11. The number of aromatic nitrogens is 2. The summed E-state index contributed by atoms with van der Waals surface area (Å²) in [5.74, 6) is -0.721. The van der Waals surface area contributed by atoms with Crippen LogP contribution in [0.2, 0.25) is 0 Å². The van der Waals surface area contributed by atoms with Gasteiger partial charge in [0.25, 0.3) is 5.56 Å². The summed E-state index contributed by atoms with van der Waals surface area (Å²) in [7, 11) is 0. The summed E-state index contributed by atoms with van der Waals surface area (Å²) in [6, 6.07) is 3.86. The molecule has 0 aliphatic carbocycles. The average Bonchev–Trinajstić information content (AvgIpc) is 2.47. The molecule has 2 aromatic heterocycles. The zero-order valence-corrected chi connectivity index (χ0v) is 11.0. The lowest BCUT2D eigenvalue weighted by atomic mass is 10.2. The SMILES string of the molecule is O=C(/C=C/c1ccncc1)Nc1cc(C(F)(F)F)c[nH]c1=O. The Labute approximate surface area is 122 Å². The molecule has 0 spiro atoms. The molecule has 0 saturated carbocycles. The van der Waals surface area contributed by atoms with Crippen LogP contribution in [0.4, 0.5) is 18.9 Å². The van der Waals surface area contributed by atoms with E-state index < -0.39 is 28.9 Å². The van der Waals surface area contributed by atoms with Gasteiger partial charge in [0.15, 0.2) is 0 Å². The topological polar surface area (TPSA) is 74.8 Å². The van der Waals surface area contributed by atoms with Crippen molar-refractivity contribution in [3.63, 3.8) is 0 Å². The van der Waals surface area contributed by atoms with Crippen molar-refractivity contribution in [2.75, 3.05) is 5.32 Å². The fourth-order valence-corrected chi connectivity index (χ4v) is 1.56. The van der Waals surface area contributed by atoms with Crippen LogP contribution in [0.15, 0.2) is 47.7 Å². The Bertz CT molecular complexity index is 752. The molecular formula is C14H10F3N3O2. The van der Waals surface area contributed by atoms with E-state index in [4.69, 9.17) is 0 Å². The first kappa shape index (κ1) is 15.5. The van der Waals surface area contributed by atoms with E-state index in [0.29, 0.717) is 17.8 Å². The van der Waals surface area contributed by atoms with Crippen LogP contribution in [0.5, 0.6) is 0 Å². The third-order valence-electron chi connectivity index (χ3n) is 2.62. The number of carbonyl (C=O) groups is 1. The number of rotatable bonds is 3. The molecule has 0 aliphatic rings. The molecule has 0 bridgehead atoms. The van der Waals surface area contributed by atoms with Gasteiger partial charge >= 0.3 is 6.18 Å². The lowest BCUT2D eigenvalue weighted by Crippen LogP contribution is -2.20. The fourth-order valence-electron chi connectivity index (χ4n) is 1.56. The Morgan fingerprint density at radius 1 is 1.27 bits per heavy atom. The molecule has 2 N–H and O–H groups in total. The van der Waals surface area contributed by atoms with E-state index in [1.54, 1.807) is 12.1 Å². The maximum absolute atomic E-state index is 12.6. The van der Waals surface area contributed by atoms with E-state index in [2.05, 4.69) is 10.3 Å². The third kappa shape index (κ3) is 4.05. The third-order valence-corrected chi connectivity index (χ3v) is 2.62. The summed E-state index contributed by atoms with van der Waals surface area (Å²) >= 11 is 0. The smallest absolute Gasteiger partial charge is 0.327 e. The maximum Gasteiger partial charge on any atom is 0.417 e. The number of alkyl halides is 3. The molecule has 0 radical (unpaired) electrons. The van der Waals surface area contributed by atoms with Crippen molar-refractivity contribution < 1.29 is 18.0 Å². The summed E-state index contributed by atoms with van der Waals surface area (Å²) in [6.45, 7) is 0. The number of aromatic amines is 1. The number of nitrogens with zero attached hydrogens (tertiary/aromatic N) is 1. The molecule has 8 heteroatoms. The van der Waals surface area contributed by atoms with Gasteiger partial charge < -0.3 is 10.3 Å². The molecule has 1 amide bonds. The molecule has 0 aromatic carbocycles. The van der Waals surface area contributed by atoms with Crippen LogP contribution in [-0.4, -0.2) is 15.9 Å². The minimum absolute atomic E-state index is 0.473. The fraction of sp³-hybridized carbons (Fsp3) is 0.0714. The van der Waals surface area contributed by atoms with Gasteiger partial charge in [-0.2, -0.15) is 13.2 Å². The number of H-pyrrole nitrogens is 1. The van der Waals surface area contributed by atoms with Gasteiger partial charge in [-0.1, -0.05) is 0 Å². The summed E-state index contributed by atoms with van der Waals surface area (Å²) in [5.41, 5.74) is -1.67. The van der Waals surface area contributed by atoms with Gasteiger partial charge in [0.1, 0.15) is 5.69 Å². The Morgan fingerprint density at radius 3 is 2.59 bits per heavy atom. The van der Waals surface area contributed by atoms with E-state index >= 15 is 0 Å².